The van der Waals surface area contributed by atoms with Crippen LogP contribution >= 0.6 is 27.3 Å². The number of ether oxygens (including phenoxy) is 1. The summed E-state index contributed by atoms with van der Waals surface area (Å²) in [5.74, 6) is 0.616. The molecule has 0 aliphatic rings. The van der Waals surface area contributed by atoms with Crippen LogP contribution in [0.1, 0.15) is 29.8 Å². The maximum Gasteiger partial charge on any atom is 0.137 e. The van der Waals surface area contributed by atoms with E-state index in [1.165, 1.54) is 6.07 Å². The van der Waals surface area contributed by atoms with Crippen LogP contribution < -0.4 is 10.1 Å². The zero-order valence-electron chi connectivity index (χ0n) is 11.5. The van der Waals surface area contributed by atoms with E-state index in [-0.39, 0.29) is 11.9 Å². The van der Waals surface area contributed by atoms with Gasteiger partial charge in [0.05, 0.1) is 22.5 Å². The van der Waals surface area contributed by atoms with Crippen molar-refractivity contribution in [2.45, 2.75) is 19.4 Å². The molecule has 1 atom stereocenters. The molecule has 0 spiro atoms. The number of methoxy groups -OCH3 is 1. The van der Waals surface area contributed by atoms with Gasteiger partial charge >= 0.3 is 0 Å². The molecule has 1 aromatic carbocycles. The highest BCUT2D eigenvalue weighted by Gasteiger charge is 2.20. The van der Waals surface area contributed by atoms with Crippen LogP contribution in [0.4, 0.5) is 4.39 Å². The Morgan fingerprint density at radius 1 is 1.40 bits per heavy atom. The summed E-state index contributed by atoms with van der Waals surface area (Å²) in [6.07, 6.45) is 1.03. The first kappa shape index (κ1) is 15.5. The van der Waals surface area contributed by atoms with Crippen molar-refractivity contribution in [2.24, 2.45) is 0 Å². The molecule has 2 nitrogen and oxygen atoms in total. The molecule has 5 heteroatoms. The standard InChI is InChI=1S/C15H17BrFNOS/c1-3-7-18-14(15-13(19-2)6-8-20-15)10-4-5-12(17)11(16)9-10/h4-6,8-9,14,18H,3,7H2,1-2H3. The largest absolute Gasteiger partial charge is 0.496 e. The number of rotatable bonds is 6. The van der Waals surface area contributed by atoms with Gasteiger partial charge in [0.15, 0.2) is 0 Å². The van der Waals surface area contributed by atoms with Gasteiger partial charge in [-0.25, -0.2) is 4.39 Å². The molecular weight excluding hydrogens is 341 g/mol. The number of hydrogen-bond acceptors (Lipinski definition) is 3. The molecule has 0 aliphatic heterocycles. The Balaban J connectivity index is 2.38. The molecule has 20 heavy (non-hydrogen) atoms. The fourth-order valence-corrected chi connectivity index (χ4v) is 3.39. The molecule has 0 bridgehead atoms. The third-order valence-corrected chi connectivity index (χ3v) is 4.59. The summed E-state index contributed by atoms with van der Waals surface area (Å²) in [5, 5.41) is 5.50. The van der Waals surface area contributed by atoms with Gasteiger partial charge in [0.25, 0.3) is 0 Å². The zero-order chi connectivity index (χ0) is 14.5. The maximum atomic E-state index is 13.4. The lowest BCUT2D eigenvalue weighted by Crippen LogP contribution is -2.22. The molecule has 1 N–H and O–H groups in total. The number of thiophene rings is 1. The molecule has 2 aromatic rings. The molecule has 1 heterocycles. The minimum Gasteiger partial charge on any atom is -0.496 e. The van der Waals surface area contributed by atoms with Crippen molar-refractivity contribution in [1.29, 1.82) is 0 Å². The molecule has 108 valence electrons. The van der Waals surface area contributed by atoms with Crippen molar-refractivity contribution in [2.75, 3.05) is 13.7 Å². The van der Waals surface area contributed by atoms with Crippen molar-refractivity contribution in [3.05, 3.63) is 50.4 Å². The predicted octanol–water partition coefficient (Wildman–Crippen LogP) is 4.75. The van der Waals surface area contributed by atoms with E-state index in [1.54, 1.807) is 18.4 Å². The van der Waals surface area contributed by atoms with Crippen molar-refractivity contribution >= 4 is 27.3 Å². The van der Waals surface area contributed by atoms with Gasteiger partial charge in [0.2, 0.25) is 0 Å². The van der Waals surface area contributed by atoms with E-state index in [2.05, 4.69) is 28.2 Å². The second-order valence-electron chi connectivity index (χ2n) is 4.41. The first-order valence-electron chi connectivity index (χ1n) is 6.47. The highest BCUT2D eigenvalue weighted by molar-refractivity contribution is 9.10. The summed E-state index contributed by atoms with van der Waals surface area (Å²) < 4.78 is 19.3. The summed E-state index contributed by atoms with van der Waals surface area (Å²) in [4.78, 5) is 1.11. The summed E-state index contributed by atoms with van der Waals surface area (Å²) >= 11 is 4.89. The summed E-state index contributed by atoms with van der Waals surface area (Å²) in [7, 11) is 1.67. The molecule has 1 aromatic heterocycles. The van der Waals surface area contributed by atoms with Gasteiger partial charge in [-0.3, -0.25) is 0 Å². The van der Waals surface area contributed by atoms with Crippen molar-refractivity contribution in [3.8, 4) is 5.75 Å². The van der Waals surface area contributed by atoms with E-state index in [1.807, 2.05) is 23.6 Å². The van der Waals surface area contributed by atoms with Crippen LogP contribution in [-0.2, 0) is 0 Å². The summed E-state index contributed by atoms with van der Waals surface area (Å²) in [6, 6.07) is 7.09. The van der Waals surface area contributed by atoms with Crippen LogP contribution in [0.5, 0.6) is 5.75 Å². The number of benzene rings is 1. The Morgan fingerprint density at radius 2 is 2.20 bits per heavy atom. The first-order chi connectivity index (χ1) is 9.67. The van der Waals surface area contributed by atoms with Gasteiger partial charge < -0.3 is 10.1 Å². The molecular formula is C15H17BrFNOS. The summed E-state index contributed by atoms with van der Waals surface area (Å²) in [5.41, 5.74) is 1.02. The van der Waals surface area contributed by atoms with Crippen LogP contribution in [0, 0.1) is 5.82 Å². The van der Waals surface area contributed by atoms with Crippen molar-refractivity contribution in [3.63, 3.8) is 0 Å². The van der Waals surface area contributed by atoms with Gasteiger partial charge in [-0.2, -0.15) is 0 Å². The fourth-order valence-electron chi connectivity index (χ4n) is 2.03. The van der Waals surface area contributed by atoms with Crippen LogP contribution in [0.15, 0.2) is 34.1 Å². The zero-order valence-corrected chi connectivity index (χ0v) is 13.9. The quantitative estimate of drug-likeness (QED) is 0.805. The molecule has 0 fully saturated rings. The molecule has 0 aliphatic carbocycles. The van der Waals surface area contributed by atoms with Crippen LogP contribution in [0.3, 0.4) is 0 Å². The van der Waals surface area contributed by atoms with Gasteiger partial charge in [-0.1, -0.05) is 13.0 Å². The molecule has 1 unspecified atom stereocenters. The molecule has 0 saturated carbocycles. The van der Waals surface area contributed by atoms with Crippen molar-refractivity contribution in [1.82, 2.24) is 5.32 Å². The minimum atomic E-state index is -0.249. The Bertz CT molecular complexity index is 573. The molecule has 0 amide bonds. The van der Waals surface area contributed by atoms with E-state index < -0.39 is 0 Å². The van der Waals surface area contributed by atoms with E-state index >= 15 is 0 Å². The van der Waals surface area contributed by atoms with Gasteiger partial charge in [-0.05, 0) is 58.0 Å². The average Bonchev–Trinajstić information content (AvgIpc) is 2.91. The first-order valence-corrected chi connectivity index (χ1v) is 8.14. The molecule has 2 rings (SSSR count). The topological polar surface area (TPSA) is 21.3 Å². The van der Waals surface area contributed by atoms with E-state index in [9.17, 15) is 4.39 Å². The van der Waals surface area contributed by atoms with Gasteiger partial charge in [0.1, 0.15) is 11.6 Å². The van der Waals surface area contributed by atoms with E-state index in [4.69, 9.17) is 4.74 Å². The lowest BCUT2D eigenvalue weighted by molar-refractivity contribution is 0.407. The average molecular weight is 358 g/mol. The Morgan fingerprint density at radius 3 is 2.85 bits per heavy atom. The predicted molar refractivity (Wildman–Crippen MR) is 85.1 cm³/mol. The maximum absolute atomic E-state index is 13.4. The minimum absolute atomic E-state index is 0.0156. The highest BCUT2D eigenvalue weighted by atomic mass is 79.9. The lowest BCUT2D eigenvalue weighted by atomic mass is 10.0. The van der Waals surface area contributed by atoms with Gasteiger partial charge in [-0.15, -0.1) is 11.3 Å². The molecule has 0 saturated heterocycles. The Hall–Kier alpha value is -0.910. The van der Waals surface area contributed by atoms with Gasteiger partial charge in [0, 0.05) is 0 Å². The molecule has 0 radical (unpaired) electrons. The SMILES string of the molecule is CCCNC(c1ccc(F)c(Br)c1)c1sccc1OC. The third kappa shape index (κ3) is 3.40. The fraction of sp³-hybridized carbons (Fsp3) is 0.333. The third-order valence-electron chi connectivity index (χ3n) is 3.01. The second-order valence-corrected chi connectivity index (χ2v) is 6.22. The Labute approximate surface area is 131 Å². The second kappa shape index (κ2) is 7.20. The van der Waals surface area contributed by atoms with Crippen LogP contribution in [0.25, 0.3) is 0 Å². The van der Waals surface area contributed by atoms with Crippen LogP contribution in [-0.4, -0.2) is 13.7 Å². The number of halogens is 2. The van der Waals surface area contributed by atoms with E-state index in [0.29, 0.717) is 4.47 Å². The monoisotopic (exact) mass is 357 g/mol. The highest BCUT2D eigenvalue weighted by Crippen LogP contribution is 2.35. The smallest absolute Gasteiger partial charge is 0.137 e. The lowest BCUT2D eigenvalue weighted by Gasteiger charge is -2.19. The Kier molecular flexibility index (Phi) is 5.57. The number of hydrogen-bond donors (Lipinski definition) is 1. The number of nitrogens with one attached hydrogen (secondary N) is 1. The van der Waals surface area contributed by atoms with Crippen molar-refractivity contribution < 1.29 is 9.13 Å². The van der Waals surface area contributed by atoms with Crippen LogP contribution in [0.2, 0.25) is 0 Å². The van der Waals surface area contributed by atoms with E-state index in [0.717, 1.165) is 29.2 Å². The summed E-state index contributed by atoms with van der Waals surface area (Å²) in [6.45, 7) is 3.01. The normalized spacial score (nSPS) is 12.4.